The number of nitrogens with one attached hydrogen (secondary N) is 1. The highest BCUT2D eigenvalue weighted by Crippen LogP contribution is 2.20. The minimum Gasteiger partial charge on any atom is -0.310 e. The molecule has 1 rings (SSSR count). The van der Waals surface area contributed by atoms with Crippen molar-refractivity contribution in [1.29, 1.82) is 0 Å². The Hall–Kier alpha value is -0.570. The molecule has 1 N–H and O–H groups in total. The Morgan fingerprint density at radius 3 is 2.24 bits per heavy atom. The van der Waals surface area contributed by atoms with Gasteiger partial charge in [0.1, 0.15) is 0 Å². The Kier molecular flexibility index (Phi) is 8.98. The molecular formula is C18H31ClN2. The van der Waals surface area contributed by atoms with E-state index < -0.39 is 0 Å². The fourth-order valence-electron chi connectivity index (χ4n) is 2.61. The number of halogens is 1. The predicted molar refractivity (Wildman–Crippen MR) is 94.1 cm³/mol. The van der Waals surface area contributed by atoms with Crippen LogP contribution < -0.4 is 5.32 Å². The van der Waals surface area contributed by atoms with E-state index in [-0.39, 0.29) is 0 Å². The second-order valence-electron chi connectivity index (χ2n) is 5.98. The molecule has 0 aliphatic heterocycles. The van der Waals surface area contributed by atoms with E-state index in [1.165, 1.54) is 18.5 Å². The van der Waals surface area contributed by atoms with Crippen LogP contribution in [0, 0.1) is 0 Å². The zero-order valence-corrected chi connectivity index (χ0v) is 14.8. The van der Waals surface area contributed by atoms with Gasteiger partial charge in [-0.3, -0.25) is 0 Å². The largest absolute Gasteiger partial charge is 0.310 e. The van der Waals surface area contributed by atoms with Crippen LogP contribution in [0.3, 0.4) is 0 Å². The maximum Gasteiger partial charge on any atom is 0.0406 e. The van der Waals surface area contributed by atoms with Crippen molar-refractivity contribution in [3.8, 4) is 0 Å². The van der Waals surface area contributed by atoms with E-state index in [0.717, 1.165) is 31.0 Å². The van der Waals surface area contributed by atoms with Crippen molar-refractivity contribution in [3.05, 3.63) is 34.9 Å². The molecule has 0 radical (unpaired) electrons. The summed E-state index contributed by atoms with van der Waals surface area (Å²) in [5, 5.41) is 4.48. The summed E-state index contributed by atoms with van der Waals surface area (Å²) in [6.45, 7) is 12.4. The van der Waals surface area contributed by atoms with Crippen LogP contribution in [-0.4, -0.2) is 30.6 Å². The third-order valence-corrected chi connectivity index (χ3v) is 4.11. The van der Waals surface area contributed by atoms with Crippen molar-refractivity contribution in [1.82, 2.24) is 10.2 Å². The van der Waals surface area contributed by atoms with E-state index in [2.05, 4.69) is 50.0 Å². The Morgan fingerprint density at radius 2 is 1.71 bits per heavy atom. The molecule has 1 unspecified atom stereocenters. The van der Waals surface area contributed by atoms with E-state index in [1.54, 1.807) is 0 Å². The lowest BCUT2D eigenvalue weighted by atomic mass is 10.0. The quantitative estimate of drug-likeness (QED) is 0.662. The third kappa shape index (κ3) is 6.82. The highest BCUT2D eigenvalue weighted by Gasteiger charge is 2.14. The van der Waals surface area contributed by atoms with Crippen molar-refractivity contribution in [2.45, 2.75) is 59.0 Å². The van der Waals surface area contributed by atoms with Crippen molar-refractivity contribution in [2.24, 2.45) is 0 Å². The standard InChI is InChI=1S/C18H31ClN2/c1-5-12-20-18(16-7-9-17(19)10-8-16)11-14-21(13-6-2)15(3)4/h7-10,15,18,20H,5-6,11-14H2,1-4H3. The van der Waals surface area contributed by atoms with Gasteiger partial charge in [0, 0.05) is 23.7 Å². The molecule has 0 saturated carbocycles. The molecule has 120 valence electrons. The predicted octanol–water partition coefficient (Wildman–Crippen LogP) is 4.89. The van der Waals surface area contributed by atoms with Crippen LogP contribution in [-0.2, 0) is 0 Å². The van der Waals surface area contributed by atoms with E-state index in [1.807, 2.05) is 12.1 Å². The number of hydrogen-bond acceptors (Lipinski definition) is 2. The number of rotatable bonds is 10. The van der Waals surface area contributed by atoms with Crippen LogP contribution >= 0.6 is 11.6 Å². The van der Waals surface area contributed by atoms with Crippen LogP contribution in [0.1, 0.15) is 58.6 Å². The zero-order valence-electron chi connectivity index (χ0n) is 14.0. The molecular weight excluding hydrogens is 280 g/mol. The Balaban J connectivity index is 2.66. The molecule has 1 aromatic carbocycles. The maximum absolute atomic E-state index is 6.00. The van der Waals surface area contributed by atoms with Gasteiger partial charge in [0.15, 0.2) is 0 Å². The summed E-state index contributed by atoms with van der Waals surface area (Å²) in [5.41, 5.74) is 1.34. The van der Waals surface area contributed by atoms with Gasteiger partial charge >= 0.3 is 0 Å². The van der Waals surface area contributed by atoms with Gasteiger partial charge in [0.05, 0.1) is 0 Å². The van der Waals surface area contributed by atoms with Gasteiger partial charge < -0.3 is 10.2 Å². The van der Waals surface area contributed by atoms with Crippen molar-refractivity contribution < 1.29 is 0 Å². The topological polar surface area (TPSA) is 15.3 Å². The first-order valence-electron chi connectivity index (χ1n) is 8.31. The molecule has 2 nitrogen and oxygen atoms in total. The molecule has 0 fully saturated rings. The molecule has 0 aliphatic rings. The summed E-state index contributed by atoms with van der Waals surface area (Å²) in [4.78, 5) is 2.57. The van der Waals surface area contributed by atoms with Gasteiger partial charge in [-0.1, -0.05) is 37.6 Å². The number of nitrogens with zero attached hydrogens (tertiary/aromatic N) is 1. The average molecular weight is 311 g/mol. The van der Waals surface area contributed by atoms with Gasteiger partial charge in [-0.25, -0.2) is 0 Å². The van der Waals surface area contributed by atoms with Gasteiger partial charge in [-0.15, -0.1) is 0 Å². The van der Waals surface area contributed by atoms with Crippen LogP contribution in [0.15, 0.2) is 24.3 Å². The van der Waals surface area contributed by atoms with Gasteiger partial charge in [-0.05, 0) is 63.9 Å². The summed E-state index contributed by atoms with van der Waals surface area (Å²) in [5.74, 6) is 0. The lowest BCUT2D eigenvalue weighted by molar-refractivity contribution is 0.209. The fourth-order valence-corrected chi connectivity index (χ4v) is 2.74. The first-order valence-corrected chi connectivity index (χ1v) is 8.69. The van der Waals surface area contributed by atoms with Crippen LogP contribution in [0.4, 0.5) is 0 Å². The van der Waals surface area contributed by atoms with Crippen molar-refractivity contribution in [3.63, 3.8) is 0 Å². The fraction of sp³-hybridized carbons (Fsp3) is 0.667. The normalized spacial score (nSPS) is 13.1. The van der Waals surface area contributed by atoms with E-state index in [0.29, 0.717) is 12.1 Å². The van der Waals surface area contributed by atoms with Crippen LogP contribution in [0.2, 0.25) is 5.02 Å². The molecule has 0 spiro atoms. The molecule has 0 aliphatic carbocycles. The molecule has 3 heteroatoms. The maximum atomic E-state index is 6.00. The molecule has 1 atom stereocenters. The number of benzene rings is 1. The second-order valence-corrected chi connectivity index (χ2v) is 6.41. The highest BCUT2D eigenvalue weighted by atomic mass is 35.5. The van der Waals surface area contributed by atoms with Crippen molar-refractivity contribution >= 4 is 11.6 Å². The van der Waals surface area contributed by atoms with E-state index in [4.69, 9.17) is 11.6 Å². The number of hydrogen-bond donors (Lipinski definition) is 1. The Morgan fingerprint density at radius 1 is 1.05 bits per heavy atom. The molecule has 21 heavy (non-hydrogen) atoms. The van der Waals surface area contributed by atoms with Gasteiger partial charge in [0.25, 0.3) is 0 Å². The Bertz CT molecular complexity index is 375. The lowest BCUT2D eigenvalue weighted by Gasteiger charge is -2.28. The summed E-state index contributed by atoms with van der Waals surface area (Å²) < 4.78 is 0. The van der Waals surface area contributed by atoms with Crippen LogP contribution in [0.5, 0.6) is 0 Å². The molecule has 0 aromatic heterocycles. The smallest absolute Gasteiger partial charge is 0.0406 e. The summed E-state index contributed by atoms with van der Waals surface area (Å²) >= 11 is 6.00. The molecule has 1 aromatic rings. The minimum absolute atomic E-state index is 0.417. The summed E-state index contributed by atoms with van der Waals surface area (Å²) in [6.07, 6.45) is 3.51. The first kappa shape index (κ1) is 18.5. The van der Waals surface area contributed by atoms with Gasteiger partial charge in [0.2, 0.25) is 0 Å². The zero-order chi connectivity index (χ0) is 15.7. The Labute approximate surface area is 135 Å². The summed E-state index contributed by atoms with van der Waals surface area (Å²) in [6, 6.07) is 9.31. The van der Waals surface area contributed by atoms with E-state index in [9.17, 15) is 0 Å². The third-order valence-electron chi connectivity index (χ3n) is 3.86. The van der Waals surface area contributed by atoms with E-state index >= 15 is 0 Å². The van der Waals surface area contributed by atoms with Crippen molar-refractivity contribution in [2.75, 3.05) is 19.6 Å². The minimum atomic E-state index is 0.417. The van der Waals surface area contributed by atoms with Gasteiger partial charge in [-0.2, -0.15) is 0 Å². The monoisotopic (exact) mass is 310 g/mol. The molecule has 0 bridgehead atoms. The molecule has 0 amide bonds. The first-order chi connectivity index (χ1) is 10.1. The second kappa shape index (κ2) is 10.2. The molecule has 0 heterocycles. The summed E-state index contributed by atoms with van der Waals surface area (Å²) in [7, 11) is 0. The highest BCUT2D eigenvalue weighted by molar-refractivity contribution is 6.30. The SMILES string of the molecule is CCCNC(CCN(CCC)C(C)C)c1ccc(Cl)cc1. The van der Waals surface area contributed by atoms with Crippen LogP contribution in [0.25, 0.3) is 0 Å². The molecule has 0 saturated heterocycles. The average Bonchev–Trinajstić information content (AvgIpc) is 2.47. The lowest BCUT2D eigenvalue weighted by Crippen LogP contribution is -2.35.